The molecule has 2 atom stereocenters. The van der Waals surface area contributed by atoms with Gasteiger partial charge >= 0.3 is 0 Å². The molecule has 0 aromatic rings. The average Bonchev–Trinajstić information content (AvgIpc) is 2.86. The van der Waals surface area contributed by atoms with Crippen LogP contribution in [0.4, 0.5) is 0 Å². The van der Waals surface area contributed by atoms with Gasteiger partial charge in [-0.2, -0.15) is 0 Å². The molecular formula is C11H18O3S. The Balaban J connectivity index is 1.82. The van der Waals surface area contributed by atoms with Crippen molar-refractivity contribution in [1.82, 2.24) is 0 Å². The summed E-state index contributed by atoms with van der Waals surface area (Å²) >= 11 is 0. The van der Waals surface area contributed by atoms with Crippen molar-refractivity contribution in [3.63, 3.8) is 0 Å². The second-order valence-corrected chi connectivity index (χ2v) is 6.81. The molecule has 2 fully saturated rings. The van der Waals surface area contributed by atoms with Crippen LogP contribution in [-0.2, 0) is 14.6 Å². The molecule has 4 heteroatoms. The van der Waals surface area contributed by atoms with Crippen LogP contribution in [0.25, 0.3) is 0 Å². The zero-order valence-corrected chi connectivity index (χ0v) is 9.92. The van der Waals surface area contributed by atoms with Crippen molar-refractivity contribution in [2.45, 2.75) is 50.4 Å². The van der Waals surface area contributed by atoms with Crippen LogP contribution < -0.4 is 0 Å². The summed E-state index contributed by atoms with van der Waals surface area (Å²) in [6.45, 7) is 1.84. The van der Waals surface area contributed by atoms with Crippen LogP contribution in [0.3, 0.4) is 0 Å². The third-order valence-corrected chi connectivity index (χ3v) is 5.08. The highest BCUT2D eigenvalue weighted by atomic mass is 32.2. The van der Waals surface area contributed by atoms with Crippen molar-refractivity contribution in [3.05, 3.63) is 11.8 Å². The molecule has 0 N–H and O–H groups in total. The van der Waals surface area contributed by atoms with Gasteiger partial charge in [0.25, 0.3) is 0 Å². The van der Waals surface area contributed by atoms with Crippen LogP contribution in [0.15, 0.2) is 11.8 Å². The van der Waals surface area contributed by atoms with E-state index in [0.29, 0.717) is 5.75 Å². The molecule has 2 rings (SSSR count). The summed E-state index contributed by atoms with van der Waals surface area (Å²) < 4.78 is 27.6. The molecular weight excluding hydrogens is 212 g/mol. The van der Waals surface area contributed by atoms with Gasteiger partial charge in [0.15, 0.2) is 9.84 Å². The molecule has 0 amide bonds. The monoisotopic (exact) mass is 230 g/mol. The van der Waals surface area contributed by atoms with Gasteiger partial charge in [0, 0.05) is 0 Å². The first-order valence-electron chi connectivity index (χ1n) is 5.64. The van der Waals surface area contributed by atoms with Gasteiger partial charge < -0.3 is 4.74 Å². The van der Waals surface area contributed by atoms with Gasteiger partial charge in [0.05, 0.1) is 12.0 Å². The molecule has 0 aromatic carbocycles. The van der Waals surface area contributed by atoms with Gasteiger partial charge in [-0.05, 0) is 38.2 Å². The summed E-state index contributed by atoms with van der Waals surface area (Å²) in [4.78, 5) is 0. The molecule has 0 spiro atoms. The lowest BCUT2D eigenvalue weighted by atomic mass is 9.96. The maximum atomic E-state index is 11.1. The molecule has 1 saturated carbocycles. The normalized spacial score (nSPS) is 30.7. The maximum Gasteiger partial charge on any atom is 0.159 e. The first-order chi connectivity index (χ1) is 7.09. The van der Waals surface area contributed by atoms with Crippen molar-refractivity contribution in [2.75, 3.05) is 5.75 Å². The lowest BCUT2D eigenvalue weighted by Gasteiger charge is -2.15. The van der Waals surface area contributed by atoms with E-state index in [0.717, 1.165) is 12.8 Å². The summed E-state index contributed by atoms with van der Waals surface area (Å²) in [6, 6.07) is 0. The molecule has 2 aliphatic rings. The summed E-state index contributed by atoms with van der Waals surface area (Å²) in [5, 5.41) is -0.252. The molecule has 0 radical (unpaired) electrons. The summed E-state index contributed by atoms with van der Waals surface area (Å²) in [6.07, 6.45) is 7.65. The average molecular weight is 230 g/mol. The topological polar surface area (TPSA) is 43.4 Å². The molecule has 1 aliphatic heterocycles. The van der Waals surface area contributed by atoms with E-state index in [4.69, 9.17) is 4.74 Å². The predicted molar refractivity (Wildman–Crippen MR) is 59.3 cm³/mol. The summed E-state index contributed by atoms with van der Waals surface area (Å²) in [5.41, 5.74) is 1.34. The maximum absolute atomic E-state index is 11.1. The van der Waals surface area contributed by atoms with Crippen molar-refractivity contribution >= 4 is 9.84 Å². The molecule has 15 heavy (non-hydrogen) atoms. The third-order valence-electron chi connectivity index (χ3n) is 3.21. The van der Waals surface area contributed by atoms with E-state index >= 15 is 0 Å². The Hall–Kier alpha value is -0.510. The third kappa shape index (κ3) is 2.74. The van der Waals surface area contributed by atoms with Crippen molar-refractivity contribution < 1.29 is 13.2 Å². The number of hydrogen-bond acceptors (Lipinski definition) is 3. The Morgan fingerprint density at radius 3 is 2.47 bits per heavy atom. The number of ether oxygens (including phenoxy) is 1. The lowest BCUT2D eigenvalue weighted by Crippen LogP contribution is -2.14. The molecule has 3 nitrogen and oxygen atoms in total. The van der Waals surface area contributed by atoms with Crippen molar-refractivity contribution in [1.29, 1.82) is 0 Å². The number of rotatable bonds is 3. The Morgan fingerprint density at radius 1 is 1.33 bits per heavy atom. The van der Waals surface area contributed by atoms with Gasteiger partial charge in [-0.25, -0.2) is 8.42 Å². The minimum atomic E-state index is -2.76. The van der Waals surface area contributed by atoms with Crippen molar-refractivity contribution in [2.24, 2.45) is 0 Å². The summed E-state index contributed by atoms with van der Waals surface area (Å²) in [5.74, 6) is 0.303. The molecule has 1 aliphatic carbocycles. The SMILES string of the molecule is CC(OC=C1CCCCC1)C1CS1(=O)=O. The van der Waals surface area contributed by atoms with Gasteiger partial charge in [-0.15, -0.1) is 0 Å². The Bertz CT molecular complexity index is 348. The Labute approximate surface area is 91.4 Å². The molecule has 86 valence electrons. The molecule has 1 saturated heterocycles. The Kier molecular flexibility index (Phi) is 3.05. The fourth-order valence-corrected chi connectivity index (χ4v) is 3.66. The molecule has 0 aromatic heterocycles. The standard InChI is InChI=1S/C11H18O3S/c1-9(11-8-15(11,12)13)14-7-10-5-3-2-4-6-10/h7,9,11H,2-6,8H2,1H3. The quantitative estimate of drug-likeness (QED) is 0.550. The molecule has 0 bridgehead atoms. The predicted octanol–water partition coefficient (Wildman–Crippen LogP) is 2.04. The van der Waals surface area contributed by atoms with Crippen LogP contribution in [0, 0.1) is 0 Å². The lowest BCUT2D eigenvalue weighted by molar-refractivity contribution is 0.165. The second kappa shape index (κ2) is 4.16. The number of hydrogen-bond donors (Lipinski definition) is 0. The van der Waals surface area contributed by atoms with E-state index < -0.39 is 9.84 Å². The van der Waals surface area contributed by atoms with E-state index in [-0.39, 0.29) is 11.4 Å². The Morgan fingerprint density at radius 2 is 1.93 bits per heavy atom. The highest BCUT2D eigenvalue weighted by Gasteiger charge is 2.48. The van der Waals surface area contributed by atoms with Crippen LogP contribution >= 0.6 is 0 Å². The largest absolute Gasteiger partial charge is 0.497 e. The van der Waals surface area contributed by atoms with Gasteiger partial charge in [0.2, 0.25) is 0 Å². The van der Waals surface area contributed by atoms with E-state index in [9.17, 15) is 8.42 Å². The molecule has 2 unspecified atom stereocenters. The number of sulfone groups is 1. The van der Waals surface area contributed by atoms with Crippen molar-refractivity contribution in [3.8, 4) is 0 Å². The fraction of sp³-hybridized carbons (Fsp3) is 0.818. The van der Waals surface area contributed by atoms with Crippen LogP contribution in [0.2, 0.25) is 0 Å². The van der Waals surface area contributed by atoms with Gasteiger partial charge in [-0.1, -0.05) is 6.42 Å². The summed E-state index contributed by atoms with van der Waals surface area (Å²) in [7, 11) is -2.76. The van der Waals surface area contributed by atoms with E-state index in [1.54, 1.807) is 6.26 Å². The minimum absolute atomic E-state index is 0.176. The zero-order chi connectivity index (χ0) is 10.9. The second-order valence-electron chi connectivity index (χ2n) is 4.55. The molecule has 1 heterocycles. The van der Waals surface area contributed by atoms with Gasteiger partial charge in [-0.3, -0.25) is 0 Å². The first kappa shape index (κ1) is 11.0. The number of allylic oxidation sites excluding steroid dienone is 1. The van der Waals surface area contributed by atoms with Crippen LogP contribution in [-0.4, -0.2) is 25.5 Å². The zero-order valence-electron chi connectivity index (χ0n) is 9.11. The fourth-order valence-electron chi connectivity index (χ4n) is 2.03. The highest BCUT2D eigenvalue weighted by Crippen LogP contribution is 2.28. The van der Waals surface area contributed by atoms with E-state index in [1.807, 2.05) is 6.92 Å². The van der Waals surface area contributed by atoms with E-state index in [2.05, 4.69) is 0 Å². The van der Waals surface area contributed by atoms with E-state index in [1.165, 1.54) is 24.8 Å². The van der Waals surface area contributed by atoms with Crippen LogP contribution in [0.1, 0.15) is 39.0 Å². The highest BCUT2D eigenvalue weighted by molar-refractivity contribution is 7.99. The van der Waals surface area contributed by atoms with Crippen LogP contribution in [0.5, 0.6) is 0 Å². The van der Waals surface area contributed by atoms with Gasteiger partial charge in [0.1, 0.15) is 11.4 Å². The first-order valence-corrected chi connectivity index (χ1v) is 7.36. The minimum Gasteiger partial charge on any atom is -0.497 e. The smallest absolute Gasteiger partial charge is 0.159 e.